The Kier molecular flexibility index (Phi) is 6.71. The molecule has 2 amide bonds. The van der Waals surface area contributed by atoms with Gasteiger partial charge in [-0.2, -0.15) is 0 Å². The van der Waals surface area contributed by atoms with E-state index >= 15 is 0 Å². The predicted octanol–water partition coefficient (Wildman–Crippen LogP) is 3.34. The van der Waals surface area contributed by atoms with Crippen LogP contribution in [0.5, 0.6) is 0 Å². The van der Waals surface area contributed by atoms with Gasteiger partial charge >= 0.3 is 12.0 Å². The van der Waals surface area contributed by atoms with Crippen molar-refractivity contribution in [3.63, 3.8) is 0 Å². The first-order chi connectivity index (χ1) is 9.24. The molecule has 0 aromatic rings. The molecule has 0 heterocycles. The van der Waals surface area contributed by atoms with Crippen LogP contribution in [0.2, 0.25) is 0 Å². The number of urea groups is 1. The zero-order valence-corrected chi connectivity index (χ0v) is 14.8. The van der Waals surface area contributed by atoms with E-state index in [1.165, 1.54) is 0 Å². The SMILES string of the molecule is CC(N(C)C(=O)NC(CC(=O)O)CC(C)(C)C)C(C)(C)C. The average Bonchev–Trinajstić information content (AvgIpc) is 2.22. The number of nitrogens with one attached hydrogen (secondary N) is 1. The van der Waals surface area contributed by atoms with Gasteiger partial charge in [-0.05, 0) is 24.2 Å². The molecule has 0 rings (SSSR count). The molecule has 0 aromatic carbocycles. The highest BCUT2D eigenvalue weighted by atomic mass is 16.4. The zero-order chi connectivity index (χ0) is 17.0. The summed E-state index contributed by atoms with van der Waals surface area (Å²) in [6, 6.07) is -0.518. The molecular formula is C16H32N2O3. The van der Waals surface area contributed by atoms with Crippen molar-refractivity contribution >= 4 is 12.0 Å². The van der Waals surface area contributed by atoms with Crippen LogP contribution in [0, 0.1) is 10.8 Å². The highest BCUT2D eigenvalue weighted by Gasteiger charge is 2.29. The Labute approximate surface area is 129 Å². The van der Waals surface area contributed by atoms with Gasteiger partial charge in [-0.25, -0.2) is 4.79 Å². The summed E-state index contributed by atoms with van der Waals surface area (Å²) >= 11 is 0. The van der Waals surface area contributed by atoms with Crippen LogP contribution in [0.4, 0.5) is 4.79 Å². The van der Waals surface area contributed by atoms with Gasteiger partial charge in [-0.3, -0.25) is 4.79 Å². The first-order valence-electron chi connectivity index (χ1n) is 7.49. The molecular weight excluding hydrogens is 268 g/mol. The molecule has 0 aliphatic rings. The van der Waals surface area contributed by atoms with E-state index in [1.807, 2.05) is 27.7 Å². The van der Waals surface area contributed by atoms with E-state index in [4.69, 9.17) is 5.11 Å². The Bertz CT molecular complexity index is 367. The van der Waals surface area contributed by atoms with Crippen molar-refractivity contribution in [1.82, 2.24) is 10.2 Å². The van der Waals surface area contributed by atoms with Gasteiger partial charge in [0.25, 0.3) is 0 Å². The molecule has 5 heteroatoms. The second-order valence-electron chi connectivity index (χ2n) is 8.16. The standard InChI is InChI=1S/C16H32N2O3/c1-11(16(5,6)7)18(8)14(21)17-12(9-13(19)20)10-15(2,3)4/h11-12H,9-10H2,1-8H3,(H,17,21)(H,19,20). The number of rotatable bonds is 5. The molecule has 0 aromatic heterocycles. The smallest absolute Gasteiger partial charge is 0.317 e. The normalized spacial score (nSPS) is 15.2. The van der Waals surface area contributed by atoms with Gasteiger partial charge in [0, 0.05) is 19.1 Å². The van der Waals surface area contributed by atoms with E-state index in [0.717, 1.165) is 0 Å². The van der Waals surface area contributed by atoms with Gasteiger partial charge in [0.1, 0.15) is 0 Å². The molecule has 2 atom stereocenters. The average molecular weight is 300 g/mol. The molecule has 21 heavy (non-hydrogen) atoms. The Balaban J connectivity index is 4.84. The van der Waals surface area contributed by atoms with E-state index in [-0.39, 0.29) is 35.4 Å². The van der Waals surface area contributed by atoms with Crippen LogP contribution < -0.4 is 5.32 Å². The van der Waals surface area contributed by atoms with Crippen LogP contribution >= 0.6 is 0 Å². The highest BCUT2D eigenvalue weighted by molar-refractivity contribution is 5.76. The number of hydrogen-bond acceptors (Lipinski definition) is 2. The summed E-state index contributed by atoms with van der Waals surface area (Å²) in [7, 11) is 1.75. The number of carboxylic acid groups (broad SMARTS) is 1. The lowest BCUT2D eigenvalue weighted by Gasteiger charge is -2.36. The number of carboxylic acids is 1. The van der Waals surface area contributed by atoms with Gasteiger partial charge in [0.15, 0.2) is 0 Å². The summed E-state index contributed by atoms with van der Waals surface area (Å²) in [4.78, 5) is 25.0. The van der Waals surface area contributed by atoms with E-state index in [9.17, 15) is 9.59 Å². The van der Waals surface area contributed by atoms with E-state index in [0.29, 0.717) is 6.42 Å². The topological polar surface area (TPSA) is 69.6 Å². The second-order valence-corrected chi connectivity index (χ2v) is 8.16. The molecule has 0 aliphatic carbocycles. The minimum absolute atomic E-state index is 0.0294. The Morgan fingerprint density at radius 3 is 1.95 bits per heavy atom. The minimum Gasteiger partial charge on any atom is -0.481 e. The molecule has 0 saturated carbocycles. The monoisotopic (exact) mass is 300 g/mol. The van der Waals surface area contributed by atoms with E-state index in [2.05, 4.69) is 26.1 Å². The lowest BCUT2D eigenvalue weighted by molar-refractivity contribution is -0.137. The van der Waals surface area contributed by atoms with Crippen molar-refractivity contribution in [3.05, 3.63) is 0 Å². The Morgan fingerprint density at radius 1 is 1.14 bits per heavy atom. The van der Waals surface area contributed by atoms with Crippen molar-refractivity contribution in [1.29, 1.82) is 0 Å². The molecule has 0 fully saturated rings. The van der Waals surface area contributed by atoms with E-state index < -0.39 is 5.97 Å². The molecule has 5 nitrogen and oxygen atoms in total. The van der Waals surface area contributed by atoms with Crippen molar-refractivity contribution in [3.8, 4) is 0 Å². The first kappa shape index (κ1) is 19.7. The highest BCUT2D eigenvalue weighted by Crippen LogP contribution is 2.24. The molecule has 0 radical (unpaired) electrons. The van der Waals surface area contributed by atoms with Gasteiger partial charge < -0.3 is 15.3 Å². The van der Waals surface area contributed by atoms with Crippen LogP contribution in [-0.2, 0) is 4.79 Å². The van der Waals surface area contributed by atoms with Crippen molar-refractivity contribution in [2.75, 3.05) is 7.05 Å². The lowest BCUT2D eigenvalue weighted by atomic mass is 9.86. The third-order valence-electron chi connectivity index (χ3n) is 3.76. The Morgan fingerprint density at radius 2 is 1.62 bits per heavy atom. The van der Waals surface area contributed by atoms with Crippen LogP contribution in [0.3, 0.4) is 0 Å². The molecule has 2 unspecified atom stereocenters. The van der Waals surface area contributed by atoms with Crippen LogP contribution in [0.15, 0.2) is 0 Å². The maximum Gasteiger partial charge on any atom is 0.317 e. The maximum atomic E-state index is 12.3. The number of amides is 2. The van der Waals surface area contributed by atoms with Crippen LogP contribution in [0.1, 0.15) is 61.3 Å². The number of carbonyl (C=O) groups excluding carboxylic acids is 1. The molecule has 124 valence electrons. The summed E-state index contributed by atoms with van der Waals surface area (Å²) in [5.41, 5.74) is -0.0694. The largest absolute Gasteiger partial charge is 0.481 e. The van der Waals surface area contributed by atoms with Crippen molar-refractivity contribution in [2.45, 2.75) is 73.4 Å². The molecule has 0 saturated heterocycles. The van der Waals surface area contributed by atoms with Gasteiger partial charge in [-0.1, -0.05) is 41.5 Å². The van der Waals surface area contributed by atoms with Gasteiger partial charge in [0.2, 0.25) is 0 Å². The fraction of sp³-hybridized carbons (Fsp3) is 0.875. The van der Waals surface area contributed by atoms with Crippen LogP contribution in [0.25, 0.3) is 0 Å². The lowest BCUT2D eigenvalue weighted by Crippen LogP contribution is -2.51. The summed E-state index contributed by atoms with van der Waals surface area (Å²) in [5.74, 6) is -0.893. The summed E-state index contributed by atoms with van der Waals surface area (Å²) in [5, 5.41) is 11.9. The summed E-state index contributed by atoms with van der Waals surface area (Å²) < 4.78 is 0. The number of nitrogens with zero attached hydrogens (tertiary/aromatic N) is 1. The number of hydrogen-bond donors (Lipinski definition) is 2. The Hall–Kier alpha value is -1.26. The fourth-order valence-corrected chi connectivity index (χ4v) is 2.16. The van der Waals surface area contributed by atoms with Crippen molar-refractivity contribution in [2.24, 2.45) is 10.8 Å². The fourth-order valence-electron chi connectivity index (χ4n) is 2.16. The zero-order valence-electron chi connectivity index (χ0n) is 14.8. The number of aliphatic carboxylic acids is 1. The summed E-state index contributed by atoms with van der Waals surface area (Å²) in [6.07, 6.45) is 0.573. The minimum atomic E-state index is -0.893. The quantitative estimate of drug-likeness (QED) is 0.818. The van der Waals surface area contributed by atoms with Crippen molar-refractivity contribution < 1.29 is 14.7 Å². The van der Waals surface area contributed by atoms with Crippen LogP contribution in [-0.4, -0.2) is 41.1 Å². The predicted molar refractivity (Wildman–Crippen MR) is 85.3 cm³/mol. The third kappa shape index (κ3) is 7.93. The second kappa shape index (κ2) is 7.14. The van der Waals surface area contributed by atoms with Gasteiger partial charge in [0.05, 0.1) is 6.42 Å². The molecule has 0 aliphatic heterocycles. The maximum absolute atomic E-state index is 12.3. The summed E-state index contributed by atoms with van der Waals surface area (Å²) in [6.45, 7) is 14.3. The molecule has 0 bridgehead atoms. The van der Waals surface area contributed by atoms with Gasteiger partial charge in [-0.15, -0.1) is 0 Å². The molecule has 2 N–H and O–H groups in total. The first-order valence-corrected chi connectivity index (χ1v) is 7.49. The molecule has 0 spiro atoms. The number of carbonyl (C=O) groups is 2. The third-order valence-corrected chi connectivity index (χ3v) is 3.76. The van der Waals surface area contributed by atoms with E-state index in [1.54, 1.807) is 11.9 Å².